The molecular weight excluding hydrogens is 723 g/mol. The molecule has 59 heavy (non-hydrogen) atoms. The van der Waals surface area contributed by atoms with Crippen LogP contribution in [0.15, 0.2) is 12.2 Å². The van der Waals surface area contributed by atoms with Gasteiger partial charge in [0.15, 0.2) is 0 Å². The Morgan fingerprint density at radius 2 is 0.644 bits per heavy atom. The van der Waals surface area contributed by atoms with E-state index in [0.717, 1.165) is 25.7 Å². The number of carbonyl (C=O) groups is 1. The minimum atomic E-state index is -0.655. The van der Waals surface area contributed by atoms with Crippen molar-refractivity contribution in [2.75, 3.05) is 6.61 Å². The highest BCUT2D eigenvalue weighted by molar-refractivity contribution is 5.76. The fourth-order valence-corrected chi connectivity index (χ4v) is 8.83. The van der Waals surface area contributed by atoms with Gasteiger partial charge in [-0.25, -0.2) is 0 Å². The van der Waals surface area contributed by atoms with Crippen LogP contribution in [-0.4, -0.2) is 34.9 Å². The maximum Gasteiger partial charge on any atom is 0.220 e. The summed E-state index contributed by atoms with van der Waals surface area (Å²) in [6, 6.07) is -0.532. The van der Waals surface area contributed by atoms with Gasteiger partial charge in [0, 0.05) is 6.42 Å². The van der Waals surface area contributed by atoms with E-state index in [0.29, 0.717) is 12.8 Å². The Labute approximate surface area is 371 Å². The maximum absolute atomic E-state index is 12.5. The highest BCUT2D eigenvalue weighted by atomic mass is 16.3. The van der Waals surface area contributed by atoms with Gasteiger partial charge >= 0.3 is 0 Å². The number of carbonyl (C=O) groups excluding carboxylic acids is 1. The molecule has 4 heteroatoms. The number of rotatable bonds is 51. The third-order valence-corrected chi connectivity index (χ3v) is 13.0. The summed E-state index contributed by atoms with van der Waals surface area (Å²) in [6.07, 6.45) is 66.3. The van der Waals surface area contributed by atoms with Crippen LogP contribution < -0.4 is 5.32 Å². The lowest BCUT2D eigenvalue weighted by molar-refractivity contribution is -0.123. The molecule has 1 amide bonds. The zero-order valence-corrected chi connectivity index (χ0v) is 40.6. The van der Waals surface area contributed by atoms with E-state index in [1.807, 2.05) is 0 Å². The van der Waals surface area contributed by atoms with Gasteiger partial charge in [-0.15, -0.1) is 0 Å². The molecule has 2 atom stereocenters. The van der Waals surface area contributed by atoms with E-state index < -0.39 is 12.1 Å². The normalized spacial score (nSPS) is 12.8. The van der Waals surface area contributed by atoms with E-state index in [1.54, 1.807) is 0 Å². The Hall–Kier alpha value is -0.870. The van der Waals surface area contributed by atoms with Crippen molar-refractivity contribution in [3.8, 4) is 0 Å². The largest absolute Gasteiger partial charge is 0.394 e. The van der Waals surface area contributed by atoms with Crippen LogP contribution in [0, 0.1) is 0 Å². The number of hydrogen-bond acceptors (Lipinski definition) is 3. The van der Waals surface area contributed by atoms with Crippen molar-refractivity contribution in [1.82, 2.24) is 5.32 Å². The van der Waals surface area contributed by atoms with Gasteiger partial charge in [0.2, 0.25) is 5.91 Å². The molecule has 0 aromatic rings. The van der Waals surface area contributed by atoms with Gasteiger partial charge in [-0.05, 0) is 38.5 Å². The SMILES string of the molecule is CCCCCCCCCCCCCC/C=C\CCCCCCCCCCCCCCCCCCCC(=O)NC(CO)C(O)CCCCCCCCCCCCCCCC. The van der Waals surface area contributed by atoms with Crippen LogP contribution in [0.1, 0.15) is 316 Å². The summed E-state index contributed by atoms with van der Waals surface area (Å²) in [7, 11) is 0. The molecule has 0 aromatic carbocycles. The average Bonchev–Trinajstić information content (AvgIpc) is 3.24. The molecule has 0 saturated carbocycles. The topological polar surface area (TPSA) is 69.6 Å². The summed E-state index contributed by atoms with van der Waals surface area (Å²) < 4.78 is 0. The smallest absolute Gasteiger partial charge is 0.220 e. The molecule has 4 nitrogen and oxygen atoms in total. The molecule has 0 rings (SSSR count). The second kappa shape index (κ2) is 51.5. The standard InChI is InChI=1S/C55H109NO3/c1-3-5-7-9-11-13-15-17-19-20-21-22-23-24-25-26-27-28-29-30-31-32-33-34-35-36-37-39-41-43-45-47-49-51-55(59)56-53(52-57)54(58)50-48-46-44-42-40-38-18-16-14-12-10-8-6-4-2/h24-25,53-54,57-58H,3-23,26-52H2,1-2H3,(H,56,59)/b25-24-. The number of amides is 1. The van der Waals surface area contributed by atoms with E-state index in [-0.39, 0.29) is 12.5 Å². The Bertz CT molecular complexity index is 814. The second-order valence-electron chi connectivity index (χ2n) is 19.0. The third-order valence-electron chi connectivity index (χ3n) is 13.0. The number of aliphatic hydroxyl groups excluding tert-OH is 2. The van der Waals surface area contributed by atoms with E-state index in [9.17, 15) is 15.0 Å². The number of allylic oxidation sites excluding steroid dienone is 2. The lowest BCUT2D eigenvalue weighted by Crippen LogP contribution is -2.45. The van der Waals surface area contributed by atoms with Crippen molar-refractivity contribution < 1.29 is 15.0 Å². The lowest BCUT2D eigenvalue weighted by atomic mass is 10.0. The molecule has 0 fully saturated rings. The van der Waals surface area contributed by atoms with Gasteiger partial charge < -0.3 is 15.5 Å². The number of unbranched alkanes of at least 4 members (excludes halogenated alkanes) is 42. The van der Waals surface area contributed by atoms with Gasteiger partial charge in [0.05, 0.1) is 18.8 Å². The molecule has 0 aliphatic rings. The summed E-state index contributed by atoms with van der Waals surface area (Å²) in [5, 5.41) is 23.2. The Kier molecular flexibility index (Phi) is 50.7. The van der Waals surface area contributed by atoms with E-state index >= 15 is 0 Å². The van der Waals surface area contributed by atoms with Crippen LogP contribution in [0.5, 0.6) is 0 Å². The van der Waals surface area contributed by atoms with Gasteiger partial charge in [-0.1, -0.05) is 283 Å². The van der Waals surface area contributed by atoms with Gasteiger partial charge in [0.25, 0.3) is 0 Å². The predicted molar refractivity (Wildman–Crippen MR) is 263 cm³/mol. The van der Waals surface area contributed by atoms with Crippen molar-refractivity contribution in [3.05, 3.63) is 12.2 Å². The number of nitrogens with one attached hydrogen (secondary N) is 1. The number of aliphatic hydroxyl groups is 2. The van der Waals surface area contributed by atoms with Crippen molar-refractivity contribution in [3.63, 3.8) is 0 Å². The van der Waals surface area contributed by atoms with Crippen LogP contribution >= 0.6 is 0 Å². The zero-order valence-electron chi connectivity index (χ0n) is 40.6. The molecule has 352 valence electrons. The fraction of sp³-hybridized carbons (Fsp3) is 0.945. The highest BCUT2D eigenvalue weighted by Crippen LogP contribution is 2.18. The van der Waals surface area contributed by atoms with Crippen LogP contribution in [-0.2, 0) is 4.79 Å². The van der Waals surface area contributed by atoms with Crippen molar-refractivity contribution >= 4 is 5.91 Å². The summed E-state index contributed by atoms with van der Waals surface area (Å²) >= 11 is 0. The highest BCUT2D eigenvalue weighted by Gasteiger charge is 2.20. The summed E-state index contributed by atoms with van der Waals surface area (Å²) in [6.45, 7) is 4.39. The molecular formula is C55H109NO3. The Balaban J connectivity index is 3.38. The Morgan fingerprint density at radius 3 is 0.932 bits per heavy atom. The first-order valence-corrected chi connectivity index (χ1v) is 27.4. The second-order valence-corrected chi connectivity index (χ2v) is 19.0. The minimum Gasteiger partial charge on any atom is -0.394 e. The van der Waals surface area contributed by atoms with Crippen LogP contribution in [0.2, 0.25) is 0 Å². The van der Waals surface area contributed by atoms with Crippen molar-refractivity contribution in [2.45, 2.75) is 328 Å². The predicted octanol–water partition coefficient (Wildman–Crippen LogP) is 17.8. The van der Waals surface area contributed by atoms with Crippen LogP contribution in [0.4, 0.5) is 0 Å². The minimum absolute atomic E-state index is 0.0255. The van der Waals surface area contributed by atoms with Gasteiger partial charge in [0.1, 0.15) is 0 Å². The molecule has 0 radical (unpaired) electrons. The maximum atomic E-state index is 12.5. The molecule has 0 aliphatic carbocycles. The molecule has 0 spiro atoms. The van der Waals surface area contributed by atoms with Crippen molar-refractivity contribution in [2.24, 2.45) is 0 Å². The summed E-state index contributed by atoms with van der Waals surface area (Å²) in [5.74, 6) is -0.0255. The average molecular weight is 832 g/mol. The molecule has 0 saturated heterocycles. The van der Waals surface area contributed by atoms with Gasteiger partial charge in [-0.2, -0.15) is 0 Å². The first kappa shape index (κ1) is 58.1. The van der Waals surface area contributed by atoms with Crippen molar-refractivity contribution in [1.29, 1.82) is 0 Å². The first-order chi connectivity index (χ1) is 29.2. The molecule has 0 aromatic heterocycles. The van der Waals surface area contributed by atoms with E-state index in [1.165, 1.54) is 263 Å². The zero-order chi connectivity index (χ0) is 42.8. The van der Waals surface area contributed by atoms with Gasteiger partial charge in [-0.3, -0.25) is 4.79 Å². The Morgan fingerprint density at radius 1 is 0.390 bits per heavy atom. The van der Waals surface area contributed by atoms with E-state index in [2.05, 4.69) is 31.3 Å². The molecule has 0 aliphatic heterocycles. The molecule has 0 bridgehead atoms. The monoisotopic (exact) mass is 832 g/mol. The summed E-state index contributed by atoms with van der Waals surface area (Å²) in [4.78, 5) is 12.5. The molecule has 0 heterocycles. The quantitative estimate of drug-likeness (QED) is 0.0422. The molecule has 2 unspecified atom stereocenters. The van der Waals surface area contributed by atoms with Crippen LogP contribution in [0.25, 0.3) is 0 Å². The van der Waals surface area contributed by atoms with Crippen LogP contribution in [0.3, 0.4) is 0 Å². The lowest BCUT2D eigenvalue weighted by Gasteiger charge is -2.22. The van der Waals surface area contributed by atoms with E-state index in [4.69, 9.17) is 0 Å². The fourth-order valence-electron chi connectivity index (χ4n) is 8.83. The number of hydrogen-bond donors (Lipinski definition) is 3. The summed E-state index contributed by atoms with van der Waals surface area (Å²) in [5.41, 5.74) is 0. The third kappa shape index (κ3) is 48.0. The first-order valence-electron chi connectivity index (χ1n) is 27.4. The molecule has 3 N–H and O–H groups in total.